The highest BCUT2D eigenvalue weighted by atomic mass is 16.4. The van der Waals surface area contributed by atoms with E-state index < -0.39 is 11.9 Å². The number of benzene rings is 1. The fraction of sp³-hybridized carbons (Fsp3) is 0.471. The number of aliphatic carboxylic acids is 1. The second-order valence-corrected chi connectivity index (χ2v) is 6.36. The predicted molar refractivity (Wildman–Crippen MR) is 90.1 cm³/mol. The first-order valence-electron chi connectivity index (χ1n) is 7.98. The van der Waals surface area contributed by atoms with Crippen LogP contribution in [0.3, 0.4) is 0 Å². The molecule has 1 aliphatic heterocycles. The molecule has 0 aromatic heterocycles. The van der Waals surface area contributed by atoms with Crippen LogP contribution in [0.4, 0.5) is 10.5 Å². The molecule has 1 heterocycles. The Balaban J connectivity index is 2.01. The quantitative estimate of drug-likeness (QED) is 0.785. The Labute approximate surface area is 141 Å². The summed E-state index contributed by atoms with van der Waals surface area (Å²) in [7, 11) is 0. The van der Waals surface area contributed by atoms with Gasteiger partial charge in [-0.3, -0.25) is 9.59 Å². The molecule has 7 nitrogen and oxygen atoms in total. The van der Waals surface area contributed by atoms with Crippen LogP contribution in [0.15, 0.2) is 18.2 Å². The minimum Gasteiger partial charge on any atom is -0.481 e. The molecule has 7 heteroatoms. The SMILES string of the molecule is Cc1cc(NC(=O)N2CCC(C(=O)O)C2)ccc1C(=O)NC(C)C. The van der Waals surface area contributed by atoms with Crippen LogP contribution in [0, 0.1) is 12.8 Å². The molecule has 0 saturated carbocycles. The van der Waals surface area contributed by atoms with Crippen molar-refractivity contribution in [2.45, 2.75) is 33.2 Å². The standard InChI is InChI=1S/C17H23N3O4/c1-10(2)18-15(21)14-5-4-13(8-11(14)3)19-17(24)20-7-6-12(9-20)16(22)23/h4-5,8,10,12H,6-7,9H2,1-3H3,(H,18,21)(H,19,24)(H,22,23). The van der Waals surface area contributed by atoms with E-state index in [9.17, 15) is 14.4 Å². The maximum absolute atomic E-state index is 12.2. The summed E-state index contributed by atoms with van der Waals surface area (Å²) in [5.41, 5.74) is 1.90. The van der Waals surface area contributed by atoms with Gasteiger partial charge in [0.2, 0.25) is 0 Å². The van der Waals surface area contributed by atoms with Crippen LogP contribution >= 0.6 is 0 Å². The highest BCUT2D eigenvalue weighted by molar-refractivity contribution is 5.97. The topological polar surface area (TPSA) is 98.7 Å². The van der Waals surface area contributed by atoms with Gasteiger partial charge in [-0.2, -0.15) is 0 Å². The number of carbonyl (C=O) groups is 3. The van der Waals surface area contributed by atoms with Gasteiger partial charge in [-0.15, -0.1) is 0 Å². The van der Waals surface area contributed by atoms with Crippen molar-refractivity contribution in [2.24, 2.45) is 5.92 Å². The monoisotopic (exact) mass is 333 g/mol. The van der Waals surface area contributed by atoms with Gasteiger partial charge < -0.3 is 20.6 Å². The molecule has 3 N–H and O–H groups in total. The summed E-state index contributed by atoms with van der Waals surface area (Å²) in [6, 6.07) is 4.81. The molecule has 1 aliphatic rings. The Hall–Kier alpha value is -2.57. The van der Waals surface area contributed by atoms with Crippen LogP contribution in [0.2, 0.25) is 0 Å². The van der Waals surface area contributed by atoms with E-state index in [1.165, 1.54) is 4.90 Å². The molecule has 0 aliphatic carbocycles. The predicted octanol–water partition coefficient (Wildman–Crippen LogP) is 2.07. The average Bonchev–Trinajstić information content (AvgIpc) is 2.96. The number of nitrogens with zero attached hydrogens (tertiary/aromatic N) is 1. The third-order valence-corrected chi connectivity index (χ3v) is 3.97. The molecule has 0 spiro atoms. The second kappa shape index (κ2) is 7.33. The van der Waals surface area contributed by atoms with Crippen LogP contribution < -0.4 is 10.6 Å². The summed E-state index contributed by atoms with van der Waals surface area (Å²) in [6.45, 7) is 6.23. The van der Waals surface area contributed by atoms with Gasteiger partial charge in [-0.25, -0.2) is 4.79 Å². The number of hydrogen-bond donors (Lipinski definition) is 3. The van der Waals surface area contributed by atoms with Crippen LogP contribution in [0.1, 0.15) is 36.2 Å². The van der Waals surface area contributed by atoms with Gasteiger partial charge >= 0.3 is 12.0 Å². The van der Waals surface area contributed by atoms with Gasteiger partial charge in [-0.1, -0.05) is 0 Å². The Morgan fingerprint density at radius 2 is 2.00 bits per heavy atom. The number of rotatable bonds is 4. The zero-order valence-corrected chi connectivity index (χ0v) is 14.1. The third-order valence-electron chi connectivity index (χ3n) is 3.97. The minimum atomic E-state index is -0.873. The van der Waals surface area contributed by atoms with E-state index in [2.05, 4.69) is 10.6 Å². The molecule has 2 rings (SSSR count). The van der Waals surface area contributed by atoms with E-state index in [1.807, 2.05) is 13.8 Å². The largest absolute Gasteiger partial charge is 0.481 e. The first-order valence-corrected chi connectivity index (χ1v) is 7.98. The van der Waals surface area contributed by atoms with Crippen molar-refractivity contribution in [1.82, 2.24) is 10.2 Å². The van der Waals surface area contributed by atoms with E-state index in [1.54, 1.807) is 25.1 Å². The third kappa shape index (κ3) is 4.24. The molecule has 0 radical (unpaired) electrons. The average molecular weight is 333 g/mol. The molecule has 0 bridgehead atoms. The minimum absolute atomic E-state index is 0.0497. The van der Waals surface area contributed by atoms with E-state index in [0.717, 1.165) is 5.56 Å². The number of likely N-dealkylation sites (tertiary alicyclic amines) is 1. The fourth-order valence-corrected chi connectivity index (χ4v) is 2.68. The molecule has 1 aromatic carbocycles. The lowest BCUT2D eigenvalue weighted by Gasteiger charge is -2.17. The van der Waals surface area contributed by atoms with Gasteiger partial charge in [0.1, 0.15) is 0 Å². The first kappa shape index (κ1) is 17.8. The molecule has 24 heavy (non-hydrogen) atoms. The number of nitrogens with one attached hydrogen (secondary N) is 2. The second-order valence-electron chi connectivity index (χ2n) is 6.36. The molecule has 1 unspecified atom stereocenters. The van der Waals surface area contributed by atoms with E-state index in [4.69, 9.17) is 5.11 Å². The van der Waals surface area contributed by atoms with Gasteiger partial charge in [0, 0.05) is 30.4 Å². The van der Waals surface area contributed by atoms with Crippen LogP contribution in [0.25, 0.3) is 0 Å². The smallest absolute Gasteiger partial charge is 0.321 e. The maximum atomic E-state index is 12.2. The first-order chi connectivity index (χ1) is 11.3. The number of aryl methyl sites for hydroxylation is 1. The highest BCUT2D eigenvalue weighted by Crippen LogP contribution is 2.19. The van der Waals surface area contributed by atoms with Gasteiger partial charge in [0.25, 0.3) is 5.91 Å². The fourth-order valence-electron chi connectivity index (χ4n) is 2.68. The van der Waals surface area contributed by atoms with Gasteiger partial charge in [0.05, 0.1) is 5.92 Å². The number of hydrogen-bond acceptors (Lipinski definition) is 3. The number of carboxylic acid groups (broad SMARTS) is 1. The molecule has 130 valence electrons. The van der Waals surface area contributed by atoms with Crippen LogP contribution in [-0.2, 0) is 4.79 Å². The highest BCUT2D eigenvalue weighted by Gasteiger charge is 2.30. The summed E-state index contributed by atoms with van der Waals surface area (Å²) >= 11 is 0. The molecule has 3 amide bonds. The van der Waals surface area contributed by atoms with E-state index in [-0.39, 0.29) is 24.5 Å². The Morgan fingerprint density at radius 1 is 1.29 bits per heavy atom. The summed E-state index contributed by atoms with van der Waals surface area (Å²) in [6.07, 6.45) is 0.468. The van der Waals surface area contributed by atoms with E-state index >= 15 is 0 Å². The number of anilines is 1. The van der Waals surface area contributed by atoms with Crippen molar-refractivity contribution >= 4 is 23.6 Å². The molecule has 1 saturated heterocycles. The maximum Gasteiger partial charge on any atom is 0.321 e. The molecule has 1 aromatic rings. The Bertz CT molecular complexity index is 657. The summed E-state index contributed by atoms with van der Waals surface area (Å²) in [4.78, 5) is 36.7. The van der Waals surface area contributed by atoms with Crippen molar-refractivity contribution in [3.8, 4) is 0 Å². The molecule has 1 fully saturated rings. The summed E-state index contributed by atoms with van der Waals surface area (Å²) in [5, 5.41) is 14.6. The number of carboxylic acids is 1. The number of amides is 3. The number of carbonyl (C=O) groups excluding carboxylic acids is 2. The van der Waals surface area contributed by atoms with Crippen molar-refractivity contribution in [3.05, 3.63) is 29.3 Å². The Kier molecular flexibility index (Phi) is 5.43. The van der Waals surface area contributed by atoms with Crippen LogP contribution in [-0.4, -0.2) is 47.0 Å². The van der Waals surface area contributed by atoms with Crippen molar-refractivity contribution in [2.75, 3.05) is 18.4 Å². The number of urea groups is 1. The van der Waals surface area contributed by atoms with E-state index in [0.29, 0.717) is 24.2 Å². The lowest BCUT2D eigenvalue weighted by atomic mass is 10.1. The van der Waals surface area contributed by atoms with Crippen molar-refractivity contribution in [1.29, 1.82) is 0 Å². The van der Waals surface area contributed by atoms with Crippen molar-refractivity contribution in [3.63, 3.8) is 0 Å². The Morgan fingerprint density at radius 3 is 2.54 bits per heavy atom. The lowest BCUT2D eigenvalue weighted by Crippen LogP contribution is -2.34. The zero-order chi connectivity index (χ0) is 17.9. The van der Waals surface area contributed by atoms with Crippen LogP contribution in [0.5, 0.6) is 0 Å². The normalized spacial score (nSPS) is 17.0. The van der Waals surface area contributed by atoms with Gasteiger partial charge in [0.15, 0.2) is 0 Å². The molecular formula is C17H23N3O4. The zero-order valence-electron chi connectivity index (χ0n) is 14.1. The molecule has 1 atom stereocenters. The molecular weight excluding hydrogens is 310 g/mol. The van der Waals surface area contributed by atoms with Crippen molar-refractivity contribution < 1.29 is 19.5 Å². The van der Waals surface area contributed by atoms with Gasteiger partial charge in [-0.05, 0) is 51.0 Å². The summed E-state index contributed by atoms with van der Waals surface area (Å²) < 4.78 is 0. The lowest BCUT2D eigenvalue weighted by molar-refractivity contribution is -0.141. The summed E-state index contributed by atoms with van der Waals surface area (Å²) in [5.74, 6) is -1.52.